The van der Waals surface area contributed by atoms with Crippen LogP contribution in [0.15, 0.2) is 18.2 Å². The normalized spacial score (nSPS) is 15.5. The van der Waals surface area contributed by atoms with Crippen LogP contribution in [-0.2, 0) is 6.54 Å². The lowest BCUT2D eigenvalue weighted by atomic mass is 10.2. The van der Waals surface area contributed by atoms with Gasteiger partial charge in [0.1, 0.15) is 5.82 Å². The van der Waals surface area contributed by atoms with Crippen molar-refractivity contribution in [1.82, 2.24) is 10.2 Å². The highest BCUT2D eigenvalue weighted by Gasteiger charge is 2.25. The Labute approximate surface area is 107 Å². The third-order valence-electron chi connectivity index (χ3n) is 3.06. The van der Waals surface area contributed by atoms with Crippen LogP contribution < -0.4 is 5.32 Å². The predicted octanol–water partition coefficient (Wildman–Crippen LogP) is 2.66. The van der Waals surface area contributed by atoms with Crippen LogP contribution in [0, 0.1) is 5.82 Å². The molecule has 0 aromatic heterocycles. The van der Waals surface area contributed by atoms with Gasteiger partial charge < -0.3 is 10.2 Å². The summed E-state index contributed by atoms with van der Waals surface area (Å²) >= 11 is 5.79. The van der Waals surface area contributed by atoms with E-state index in [0.717, 1.165) is 24.7 Å². The minimum absolute atomic E-state index is 0.274. The van der Waals surface area contributed by atoms with Crippen molar-refractivity contribution in [2.75, 3.05) is 20.1 Å². The maximum atomic E-state index is 13.1. The Hall–Kier alpha value is -0.640. The van der Waals surface area contributed by atoms with E-state index in [1.807, 2.05) is 0 Å². The summed E-state index contributed by atoms with van der Waals surface area (Å²) in [5.41, 5.74) is 0.893. The zero-order valence-corrected chi connectivity index (χ0v) is 10.8. The molecule has 1 aliphatic rings. The van der Waals surface area contributed by atoms with Crippen LogP contribution in [0.5, 0.6) is 0 Å². The lowest BCUT2D eigenvalue weighted by Crippen LogP contribution is -2.30. The van der Waals surface area contributed by atoms with Crippen LogP contribution in [0.2, 0.25) is 5.02 Å². The second-order valence-corrected chi connectivity index (χ2v) is 5.10. The number of likely N-dealkylation sites (N-methyl/N-ethyl adjacent to an activating group) is 1. The molecule has 4 heteroatoms. The Morgan fingerprint density at radius 1 is 1.41 bits per heavy atom. The smallest absolute Gasteiger partial charge is 0.125 e. The maximum absolute atomic E-state index is 13.1. The summed E-state index contributed by atoms with van der Waals surface area (Å²) in [6.45, 7) is 2.62. The third kappa shape index (κ3) is 4.26. The van der Waals surface area contributed by atoms with Gasteiger partial charge in [0.05, 0.1) is 0 Å². The molecule has 2 rings (SSSR count). The summed E-state index contributed by atoms with van der Waals surface area (Å²) in [6.07, 6.45) is 2.66. The van der Waals surface area contributed by atoms with Gasteiger partial charge in [-0.25, -0.2) is 4.39 Å². The van der Waals surface area contributed by atoms with E-state index in [1.54, 1.807) is 6.07 Å². The van der Waals surface area contributed by atoms with Crippen molar-refractivity contribution < 1.29 is 4.39 Å². The van der Waals surface area contributed by atoms with Crippen molar-refractivity contribution in [1.29, 1.82) is 0 Å². The standard InChI is InChI=1S/C13H18ClFN2/c1-17(13-2-3-13)5-4-16-9-10-6-11(14)8-12(15)7-10/h6-8,13,16H,2-5,9H2,1H3. The molecule has 0 bridgehead atoms. The van der Waals surface area contributed by atoms with Crippen molar-refractivity contribution in [3.8, 4) is 0 Å². The first-order valence-corrected chi connectivity index (χ1v) is 6.39. The molecule has 0 aliphatic heterocycles. The van der Waals surface area contributed by atoms with Crippen LogP contribution in [0.4, 0.5) is 4.39 Å². The first-order valence-electron chi connectivity index (χ1n) is 6.01. The van der Waals surface area contributed by atoms with Crippen molar-refractivity contribution in [3.05, 3.63) is 34.6 Å². The molecule has 1 fully saturated rings. The third-order valence-corrected chi connectivity index (χ3v) is 3.28. The number of halogens is 2. The van der Waals surface area contributed by atoms with Gasteiger partial charge in [-0.3, -0.25) is 0 Å². The van der Waals surface area contributed by atoms with E-state index in [9.17, 15) is 4.39 Å². The van der Waals surface area contributed by atoms with Crippen molar-refractivity contribution in [2.24, 2.45) is 0 Å². The molecule has 1 saturated carbocycles. The average Bonchev–Trinajstić information content (AvgIpc) is 3.06. The zero-order valence-electron chi connectivity index (χ0n) is 10.0. The van der Waals surface area contributed by atoms with Gasteiger partial charge >= 0.3 is 0 Å². The fourth-order valence-electron chi connectivity index (χ4n) is 1.90. The van der Waals surface area contributed by atoms with Crippen molar-refractivity contribution in [2.45, 2.75) is 25.4 Å². The Bertz CT molecular complexity index is 359. The molecule has 1 aromatic rings. The summed E-state index contributed by atoms with van der Waals surface area (Å²) in [7, 11) is 2.15. The van der Waals surface area contributed by atoms with Crippen LogP contribution in [0.1, 0.15) is 18.4 Å². The van der Waals surface area contributed by atoms with Crippen molar-refractivity contribution >= 4 is 11.6 Å². The molecule has 17 heavy (non-hydrogen) atoms. The summed E-state index contributed by atoms with van der Waals surface area (Å²) in [5, 5.41) is 3.76. The zero-order chi connectivity index (χ0) is 12.3. The first-order chi connectivity index (χ1) is 8.15. The van der Waals surface area contributed by atoms with E-state index in [4.69, 9.17) is 11.6 Å². The minimum Gasteiger partial charge on any atom is -0.311 e. The van der Waals surface area contributed by atoms with E-state index >= 15 is 0 Å². The topological polar surface area (TPSA) is 15.3 Å². The Morgan fingerprint density at radius 3 is 2.82 bits per heavy atom. The lowest BCUT2D eigenvalue weighted by Gasteiger charge is -2.15. The summed E-state index contributed by atoms with van der Waals surface area (Å²) in [6, 6.07) is 5.43. The number of rotatable bonds is 6. The van der Waals surface area contributed by atoms with Gasteiger partial charge in [0.2, 0.25) is 0 Å². The van der Waals surface area contributed by atoms with Gasteiger partial charge in [-0.05, 0) is 43.7 Å². The molecular formula is C13H18ClFN2. The molecule has 1 aliphatic carbocycles. The van der Waals surface area contributed by atoms with E-state index in [2.05, 4.69) is 17.3 Å². The number of nitrogens with zero attached hydrogens (tertiary/aromatic N) is 1. The summed E-state index contributed by atoms with van der Waals surface area (Å²) in [5.74, 6) is -0.274. The van der Waals surface area contributed by atoms with Gasteiger partial charge in [-0.15, -0.1) is 0 Å². The van der Waals surface area contributed by atoms with Gasteiger partial charge in [0, 0.05) is 30.7 Å². The van der Waals surface area contributed by atoms with Crippen LogP contribution >= 0.6 is 11.6 Å². The van der Waals surface area contributed by atoms with Crippen molar-refractivity contribution in [3.63, 3.8) is 0 Å². The molecule has 1 aromatic carbocycles. The maximum Gasteiger partial charge on any atom is 0.125 e. The van der Waals surface area contributed by atoms with Gasteiger partial charge in [0.25, 0.3) is 0 Å². The Morgan fingerprint density at radius 2 is 2.18 bits per heavy atom. The summed E-state index contributed by atoms with van der Waals surface area (Å²) < 4.78 is 13.1. The number of hydrogen-bond donors (Lipinski definition) is 1. The molecule has 2 nitrogen and oxygen atoms in total. The second-order valence-electron chi connectivity index (χ2n) is 4.67. The highest BCUT2D eigenvalue weighted by Crippen LogP contribution is 2.24. The lowest BCUT2D eigenvalue weighted by molar-refractivity contribution is 0.321. The molecule has 0 saturated heterocycles. The molecule has 0 atom stereocenters. The van der Waals surface area contributed by atoms with Crippen LogP contribution in [-0.4, -0.2) is 31.1 Å². The molecule has 0 unspecified atom stereocenters. The van der Waals surface area contributed by atoms with E-state index in [-0.39, 0.29) is 5.82 Å². The first kappa shape index (κ1) is 12.8. The van der Waals surface area contributed by atoms with Crippen LogP contribution in [0.25, 0.3) is 0 Å². The SMILES string of the molecule is CN(CCNCc1cc(F)cc(Cl)c1)C1CC1. The average molecular weight is 257 g/mol. The molecule has 0 radical (unpaired) electrons. The Kier molecular flexibility index (Phi) is 4.37. The molecule has 1 N–H and O–H groups in total. The Balaban J connectivity index is 1.70. The monoisotopic (exact) mass is 256 g/mol. The predicted molar refractivity (Wildman–Crippen MR) is 68.8 cm³/mol. The highest BCUT2D eigenvalue weighted by atomic mass is 35.5. The fourth-order valence-corrected chi connectivity index (χ4v) is 2.14. The molecule has 0 spiro atoms. The van der Waals surface area contributed by atoms with Gasteiger partial charge in [0.15, 0.2) is 0 Å². The van der Waals surface area contributed by atoms with Gasteiger partial charge in [-0.1, -0.05) is 11.6 Å². The fraction of sp³-hybridized carbons (Fsp3) is 0.538. The number of benzene rings is 1. The van der Waals surface area contributed by atoms with E-state index < -0.39 is 0 Å². The van der Waals surface area contributed by atoms with Crippen LogP contribution in [0.3, 0.4) is 0 Å². The largest absolute Gasteiger partial charge is 0.311 e. The summed E-state index contributed by atoms with van der Waals surface area (Å²) in [4.78, 5) is 2.37. The molecular weight excluding hydrogens is 239 g/mol. The second kappa shape index (κ2) is 5.80. The molecule has 0 amide bonds. The van der Waals surface area contributed by atoms with E-state index in [1.165, 1.54) is 25.0 Å². The minimum atomic E-state index is -0.274. The van der Waals surface area contributed by atoms with Gasteiger partial charge in [-0.2, -0.15) is 0 Å². The highest BCUT2D eigenvalue weighted by molar-refractivity contribution is 6.30. The van der Waals surface area contributed by atoms with E-state index in [0.29, 0.717) is 11.6 Å². The molecule has 94 valence electrons. The number of nitrogens with one attached hydrogen (secondary N) is 1. The number of hydrogen-bond acceptors (Lipinski definition) is 2. The quantitative estimate of drug-likeness (QED) is 0.788. The molecule has 0 heterocycles.